The van der Waals surface area contributed by atoms with Crippen LogP contribution in [-0.2, 0) is 19.1 Å². The van der Waals surface area contributed by atoms with Crippen LogP contribution in [0.15, 0.2) is 65.1 Å². The Labute approximate surface area is 199 Å². The summed E-state index contributed by atoms with van der Waals surface area (Å²) >= 11 is 0. The van der Waals surface area contributed by atoms with Crippen molar-refractivity contribution in [2.24, 2.45) is 10.9 Å². The second kappa shape index (κ2) is 10.7. The van der Waals surface area contributed by atoms with E-state index in [2.05, 4.69) is 4.98 Å². The van der Waals surface area contributed by atoms with E-state index in [0.717, 1.165) is 22.6 Å². The number of Topliss-reactive ketones (excluding diaryl/α,β-unsaturated/α-hetero) is 1. The van der Waals surface area contributed by atoms with Gasteiger partial charge in [-0.1, -0.05) is 18.2 Å². The minimum absolute atomic E-state index is 0.0132. The summed E-state index contributed by atoms with van der Waals surface area (Å²) in [5.41, 5.74) is 3.89. The minimum Gasteiger partial charge on any atom is -0.497 e. The van der Waals surface area contributed by atoms with E-state index in [1.807, 2.05) is 50.2 Å². The predicted molar refractivity (Wildman–Crippen MR) is 128 cm³/mol. The molecule has 7 heteroatoms. The molecule has 0 N–H and O–H groups in total. The Morgan fingerprint density at radius 3 is 2.56 bits per heavy atom. The maximum atomic E-state index is 13.5. The largest absolute Gasteiger partial charge is 0.497 e. The lowest BCUT2D eigenvalue weighted by molar-refractivity contribution is -0.148. The molecule has 0 saturated carbocycles. The van der Waals surface area contributed by atoms with Crippen molar-refractivity contribution < 1.29 is 23.8 Å². The fourth-order valence-corrected chi connectivity index (χ4v) is 4.83. The monoisotopic (exact) mass is 462 g/mol. The van der Waals surface area contributed by atoms with Crippen molar-refractivity contribution >= 4 is 17.5 Å². The van der Waals surface area contributed by atoms with Gasteiger partial charge >= 0.3 is 5.97 Å². The van der Waals surface area contributed by atoms with Crippen LogP contribution in [-0.4, -0.2) is 49.4 Å². The molecule has 0 spiro atoms. The highest BCUT2D eigenvalue weighted by molar-refractivity contribution is 6.09. The fourth-order valence-electron chi connectivity index (χ4n) is 4.83. The number of allylic oxidation sites excluding steroid dienone is 2. The molecule has 0 bridgehead atoms. The summed E-state index contributed by atoms with van der Waals surface area (Å²) in [5, 5.41) is 0. The molecule has 0 saturated heterocycles. The highest BCUT2D eigenvalue weighted by Crippen LogP contribution is 2.46. The highest BCUT2D eigenvalue weighted by atomic mass is 16.6. The first-order valence-corrected chi connectivity index (χ1v) is 11.6. The number of ether oxygens (including phenoxy) is 3. The molecule has 2 heterocycles. The van der Waals surface area contributed by atoms with Crippen LogP contribution in [0, 0.1) is 5.92 Å². The summed E-state index contributed by atoms with van der Waals surface area (Å²) in [6, 6.07) is 11.5. The number of aliphatic imine (C=N–C) groups is 1. The van der Waals surface area contributed by atoms with Gasteiger partial charge in [0.05, 0.1) is 13.7 Å². The van der Waals surface area contributed by atoms with E-state index in [4.69, 9.17) is 19.2 Å². The summed E-state index contributed by atoms with van der Waals surface area (Å²) in [6.45, 7) is 4.78. The molecule has 34 heavy (non-hydrogen) atoms. The summed E-state index contributed by atoms with van der Waals surface area (Å²) in [4.78, 5) is 35.7. The van der Waals surface area contributed by atoms with Crippen LogP contribution in [0.3, 0.4) is 0 Å². The van der Waals surface area contributed by atoms with E-state index in [1.165, 1.54) is 0 Å². The maximum absolute atomic E-state index is 13.5. The molecule has 0 amide bonds. The standard InChI is InChI=1S/C27H30N2O5/c1-4-33-12-13-34-27(31)24-17(2)29-22-14-20(18-7-9-21(32-3)10-8-18)15-23(30)26(22)25(24)19-6-5-11-28-16-19/h5-11,16,20,24-25H,4,12-15H2,1-3H3/t20-,24?,25+/m0/s1. The van der Waals surface area contributed by atoms with Gasteiger partial charge in [0, 0.05) is 48.3 Å². The third kappa shape index (κ3) is 4.94. The average Bonchev–Trinajstić information content (AvgIpc) is 2.86. The number of esters is 1. The van der Waals surface area contributed by atoms with Crippen molar-refractivity contribution in [3.8, 4) is 5.75 Å². The van der Waals surface area contributed by atoms with Crippen LogP contribution in [0.1, 0.15) is 49.7 Å². The van der Waals surface area contributed by atoms with Crippen LogP contribution in [0.2, 0.25) is 0 Å². The summed E-state index contributed by atoms with van der Waals surface area (Å²) < 4.78 is 16.1. The number of hydrogen-bond donors (Lipinski definition) is 0. The molecule has 178 valence electrons. The summed E-state index contributed by atoms with van der Waals surface area (Å²) in [6.07, 6.45) is 4.40. The number of ketones is 1. The number of methoxy groups -OCH3 is 1. The van der Waals surface area contributed by atoms with Gasteiger partial charge in [-0.05, 0) is 55.5 Å². The Balaban J connectivity index is 1.67. The van der Waals surface area contributed by atoms with Crippen LogP contribution < -0.4 is 4.74 Å². The zero-order valence-corrected chi connectivity index (χ0v) is 19.8. The maximum Gasteiger partial charge on any atom is 0.315 e. The number of benzene rings is 1. The highest BCUT2D eigenvalue weighted by Gasteiger charge is 2.44. The van der Waals surface area contributed by atoms with Crippen molar-refractivity contribution in [3.05, 3.63) is 71.2 Å². The quantitative estimate of drug-likeness (QED) is 0.431. The summed E-state index contributed by atoms with van der Waals surface area (Å²) in [5.74, 6) is -0.723. The molecule has 1 aliphatic heterocycles. The number of pyridine rings is 1. The van der Waals surface area contributed by atoms with E-state index in [1.54, 1.807) is 19.5 Å². The van der Waals surface area contributed by atoms with Gasteiger partial charge < -0.3 is 14.2 Å². The van der Waals surface area contributed by atoms with Gasteiger partial charge in [-0.25, -0.2) is 0 Å². The molecule has 4 rings (SSSR count). The molecule has 2 aliphatic rings. The number of carbonyl (C=O) groups is 2. The van der Waals surface area contributed by atoms with Crippen LogP contribution in [0.5, 0.6) is 5.75 Å². The Bertz CT molecular complexity index is 1090. The topological polar surface area (TPSA) is 87.1 Å². The number of aromatic nitrogens is 1. The van der Waals surface area contributed by atoms with Crippen LogP contribution in [0.4, 0.5) is 0 Å². The minimum atomic E-state index is -0.675. The molecule has 7 nitrogen and oxygen atoms in total. The third-order valence-electron chi connectivity index (χ3n) is 6.45. The molecule has 1 unspecified atom stereocenters. The lowest BCUT2D eigenvalue weighted by Gasteiger charge is -2.36. The van der Waals surface area contributed by atoms with Crippen LogP contribution in [0.25, 0.3) is 0 Å². The molecule has 0 fully saturated rings. The molecule has 0 radical (unpaired) electrons. The van der Waals surface area contributed by atoms with E-state index in [0.29, 0.717) is 37.3 Å². The molecular formula is C27H30N2O5. The van der Waals surface area contributed by atoms with E-state index >= 15 is 0 Å². The zero-order valence-electron chi connectivity index (χ0n) is 19.8. The van der Waals surface area contributed by atoms with Gasteiger partial charge in [0.15, 0.2) is 5.78 Å². The predicted octanol–water partition coefficient (Wildman–Crippen LogP) is 4.25. The van der Waals surface area contributed by atoms with Crippen molar-refractivity contribution in [1.82, 2.24) is 4.98 Å². The number of nitrogens with zero attached hydrogens (tertiary/aromatic N) is 2. The van der Waals surface area contributed by atoms with Crippen molar-refractivity contribution in [1.29, 1.82) is 0 Å². The molecule has 2 aromatic rings. The molecular weight excluding hydrogens is 432 g/mol. The Morgan fingerprint density at radius 1 is 1.09 bits per heavy atom. The second-order valence-corrected chi connectivity index (χ2v) is 8.52. The Kier molecular flexibility index (Phi) is 7.53. The third-order valence-corrected chi connectivity index (χ3v) is 6.45. The van der Waals surface area contributed by atoms with Gasteiger partial charge in [-0.2, -0.15) is 0 Å². The van der Waals surface area contributed by atoms with E-state index in [9.17, 15) is 9.59 Å². The molecule has 3 atom stereocenters. The van der Waals surface area contributed by atoms with E-state index in [-0.39, 0.29) is 18.3 Å². The van der Waals surface area contributed by atoms with Crippen LogP contribution >= 0.6 is 0 Å². The Morgan fingerprint density at radius 2 is 1.88 bits per heavy atom. The van der Waals surface area contributed by atoms with Gasteiger partial charge in [0.2, 0.25) is 0 Å². The first-order valence-electron chi connectivity index (χ1n) is 11.6. The van der Waals surface area contributed by atoms with Gasteiger partial charge in [-0.15, -0.1) is 0 Å². The number of rotatable bonds is 8. The first kappa shape index (κ1) is 23.8. The van der Waals surface area contributed by atoms with Gasteiger partial charge in [0.25, 0.3) is 0 Å². The number of carbonyl (C=O) groups excluding carboxylic acids is 2. The average molecular weight is 463 g/mol. The smallest absolute Gasteiger partial charge is 0.315 e. The van der Waals surface area contributed by atoms with Crippen molar-refractivity contribution in [2.75, 3.05) is 26.9 Å². The second-order valence-electron chi connectivity index (χ2n) is 8.52. The normalized spacial score (nSPS) is 22.1. The zero-order chi connectivity index (χ0) is 24.1. The molecule has 1 aromatic carbocycles. The Hall–Kier alpha value is -3.32. The van der Waals surface area contributed by atoms with Gasteiger partial charge in [-0.3, -0.25) is 19.6 Å². The lowest BCUT2D eigenvalue weighted by atomic mass is 9.69. The van der Waals surface area contributed by atoms with Crippen molar-refractivity contribution in [3.63, 3.8) is 0 Å². The van der Waals surface area contributed by atoms with Crippen molar-refractivity contribution in [2.45, 2.75) is 38.5 Å². The van der Waals surface area contributed by atoms with E-state index < -0.39 is 17.8 Å². The van der Waals surface area contributed by atoms with Gasteiger partial charge in [0.1, 0.15) is 18.3 Å². The molecule has 1 aliphatic carbocycles. The summed E-state index contributed by atoms with van der Waals surface area (Å²) in [7, 11) is 1.63. The number of hydrogen-bond acceptors (Lipinski definition) is 7. The SMILES string of the molecule is CCOCCOC(=O)C1C(C)=NC2=C(C(=O)C[C@@H](c3ccc(OC)cc3)C2)[C@@H]1c1cccnc1. The lowest BCUT2D eigenvalue weighted by Crippen LogP contribution is -2.38. The first-order chi connectivity index (χ1) is 16.5. The molecule has 1 aromatic heterocycles. The fraction of sp³-hybridized carbons (Fsp3) is 0.407.